The molecule has 1 aliphatic heterocycles. The van der Waals surface area contributed by atoms with Gasteiger partial charge in [-0.3, -0.25) is 14.7 Å². The molecule has 4 aromatic rings. The van der Waals surface area contributed by atoms with E-state index in [4.69, 9.17) is 15.7 Å². The SMILES string of the molecule is CC(C)n1nc(-c2nc(N3CCN(Cc4ccccn4)CC3)c(N)nc2-c2ccccc2)ccc1=O. The number of piperazine rings is 1. The molecule has 184 valence electrons. The van der Waals surface area contributed by atoms with E-state index in [1.807, 2.05) is 68.6 Å². The number of pyridine rings is 1. The lowest BCUT2D eigenvalue weighted by molar-refractivity contribution is 0.246. The number of rotatable bonds is 6. The number of nitrogens with zero attached hydrogens (tertiary/aromatic N) is 7. The van der Waals surface area contributed by atoms with Gasteiger partial charge in [0.25, 0.3) is 5.56 Å². The highest BCUT2D eigenvalue weighted by Gasteiger charge is 2.24. The van der Waals surface area contributed by atoms with Crippen LogP contribution in [0.15, 0.2) is 71.7 Å². The van der Waals surface area contributed by atoms with Crippen molar-refractivity contribution in [2.75, 3.05) is 36.8 Å². The van der Waals surface area contributed by atoms with Gasteiger partial charge in [-0.1, -0.05) is 36.4 Å². The summed E-state index contributed by atoms with van der Waals surface area (Å²) in [6.45, 7) is 7.95. The third-order valence-corrected chi connectivity index (χ3v) is 6.29. The highest BCUT2D eigenvalue weighted by molar-refractivity contribution is 5.80. The van der Waals surface area contributed by atoms with Crippen LogP contribution in [-0.4, -0.2) is 55.8 Å². The molecule has 0 unspecified atom stereocenters. The second kappa shape index (κ2) is 10.2. The summed E-state index contributed by atoms with van der Waals surface area (Å²) in [6, 6.07) is 19.0. The molecule has 0 aliphatic carbocycles. The van der Waals surface area contributed by atoms with Crippen LogP contribution in [0.3, 0.4) is 0 Å². The van der Waals surface area contributed by atoms with Crippen LogP contribution in [0.1, 0.15) is 25.6 Å². The number of anilines is 2. The van der Waals surface area contributed by atoms with Crippen LogP contribution < -0.4 is 16.2 Å². The Balaban J connectivity index is 1.49. The second-order valence-electron chi connectivity index (χ2n) is 9.18. The first-order valence-corrected chi connectivity index (χ1v) is 12.2. The van der Waals surface area contributed by atoms with Crippen LogP contribution in [0, 0.1) is 0 Å². The van der Waals surface area contributed by atoms with Gasteiger partial charge in [0.1, 0.15) is 17.1 Å². The van der Waals surface area contributed by atoms with E-state index in [1.54, 1.807) is 6.07 Å². The zero-order chi connectivity index (χ0) is 25.1. The maximum absolute atomic E-state index is 12.4. The van der Waals surface area contributed by atoms with Crippen LogP contribution in [0.4, 0.5) is 11.6 Å². The largest absolute Gasteiger partial charge is 0.381 e. The van der Waals surface area contributed by atoms with E-state index in [-0.39, 0.29) is 11.6 Å². The van der Waals surface area contributed by atoms with Crippen molar-refractivity contribution in [3.05, 3.63) is 82.9 Å². The van der Waals surface area contributed by atoms with Gasteiger partial charge in [-0.15, -0.1) is 0 Å². The third-order valence-electron chi connectivity index (χ3n) is 6.29. The molecular formula is C27H30N8O. The molecule has 4 heterocycles. The maximum atomic E-state index is 12.4. The average Bonchev–Trinajstić information content (AvgIpc) is 2.90. The Morgan fingerprint density at radius 3 is 2.33 bits per heavy atom. The van der Waals surface area contributed by atoms with Gasteiger partial charge in [-0.05, 0) is 32.0 Å². The number of nitrogens with two attached hydrogens (primary N) is 1. The lowest BCUT2D eigenvalue weighted by atomic mass is 10.1. The number of aromatic nitrogens is 5. The Kier molecular flexibility index (Phi) is 6.73. The third kappa shape index (κ3) is 4.96. The molecule has 0 radical (unpaired) electrons. The Hall–Kier alpha value is -4.11. The molecule has 0 spiro atoms. The fraction of sp³-hybridized carbons (Fsp3) is 0.296. The second-order valence-corrected chi connectivity index (χ2v) is 9.18. The topological polar surface area (TPSA) is 106 Å². The van der Waals surface area contributed by atoms with Crippen molar-refractivity contribution in [2.24, 2.45) is 0 Å². The zero-order valence-corrected chi connectivity index (χ0v) is 20.6. The Morgan fingerprint density at radius 2 is 1.64 bits per heavy atom. The quantitative estimate of drug-likeness (QED) is 0.446. The van der Waals surface area contributed by atoms with Crippen molar-refractivity contribution >= 4 is 11.6 Å². The molecule has 0 atom stereocenters. The molecule has 36 heavy (non-hydrogen) atoms. The van der Waals surface area contributed by atoms with Gasteiger partial charge in [-0.25, -0.2) is 14.6 Å². The van der Waals surface area contributed by atoms with Gasteiger partial charge in [-0.2, -0.15) is 5.10 Å². The van der Waals surface area contributed by atoms with E-state index in [0.717, 1.165) is 44.0 Å². The number of nitrogen functional groups attached to an aromatic ring is 1. The molecule has 9 nitrogen and oxygen atoms in total. The van der Waals surface area contributed by atoms with Crippen molar-refractivity contribution in [1.29, 1.82) is 0 Å². The van der Waals surface area contributed by atoms with Crippen LogP contribution in [0.25, 0.3) is 22.6 Å². The normalized spacial score (nSPS) is 14.4. The van der Waals surface area contributed by atoms with Gasteiger partial charge < -0.3 is 10.6 Å². The molecule has 9 heteroatoms. The number of benzene rings is 1. The molecule has 1 aromatic carbocycles. The summed E-state index contributed by atoms with van der Waals surface area (Å²) in [5, 5.41) is 4.63. The molecular weight excluding hydrogens is 452 g/mol. The van der Waals surface area contributed by atoms with Crippen molar-refractivity contribution in [3.63, 3.8) is 0 Å². The fourth-order valence-electron chi connectivity index (χ4n) is 4.41. The summed E-state index contributed by atoms with van der Waals surface area (Å²) >= 11 is 0. The molecule has 2 N–H and O–H groups in total. The molecule has 0 amide bonds. The predicted octanol–water partition coefficient (Wildman–Crippen LogP) is 3.25. The van der Waals surface area contributed by atoms with Crippen molar-refractivity contribution in [3.8, 4) is 22.6 Å². The van der Waals surface area contributed by atoms with E-state index < -0.39 is 0 Å². The highest BCUT2D eigenvalue weighted by atomic mass is 16.1. The van der Waals surface area contributed by atoms with E-state index in [1.165, 1.54) is 10.7 Å². The first-order chi connectivity index (χ1) is 17.5. The fourth-order valence-corrected chi connectivity index (χ4v) is 4.41. The summed E-state index contributed by atoms with van der Waals surface area (Å²) < 4.78 is 1.47. The summed E-state index contributed by atoms with van der Waals surface area (Å²) in [6.07, 6.45) is 1.83. The molecule has 1 aliphatic rings. The van der Waals surface area contributed by atoms with E-state index in [2.05, 4.69) is 19.9 Å². The summed E-state index contributed by atoms with van der Waals surface area (Å²) in [5.74, 6) is 1.03. The summed E-state index contributed by atoms with van der Waals surface area (Å²) in [5.41, 5.74) is 10.1. The first kappa shape index (κ1) is 23.6. The molecule has 1 saturated heterocycles. The minimum atomic E-state index is -0.150. The summed E-state index contributed by atoms with van der Waals surface area (Å²) in [7, 11) is 0. The van der Waals surface area contributed by atoms with Crippen LogP contribution >= 0.6 is 0 Å². The molecule has 3 aromatic heterocycles. The zero-order valence-electron chi connectivity index (χ0n) is 20.6. The van der Waals surface area contributed by atoms with Crippen molar-refractivity contribution in [2.45, 2.75) is 26.4 Å². The van der Waals surface area contributed by atoms with Gasteiger partial charge in [0.15, 0.2) is 11.6 Å². The van der Waals surface area contributed by atoms with Gasteiger partial charge in [0.2, 0.25) is 0 Å². The molecule has 5 rings (SSSR count). The minimum Gasteiger partial charge on any atom is -0.381 e. The lowest BCUT2D eigenvalue weighted by Gasteiger charge is -2.35. The van der Waals surface area contributed by atoms with Gasteiger partial charge in [0.05, 0.1) is 11.7 Å². The maximum Gasteiger partial charge on any atom is 0.267 e. The first-order valence-electron chi connectivity index (χ1n) is 12.2. The van der Waals surface area contributed by atoms with E-state index in [0.29, 0.717) is 28.7 Å². The monoisotopic (exact) mass is 482 g/mol. The standard InChI is InChI=1S/C27H30N8O/c1-19(2)35-23(36)12-11-22(32-35)25-24(20-8-4-3-5-9-20)30-26(28)27(31-25)34-16-14-33(15-17-34)18-21-10-6-7-13-29-21/h3-13,19H,14-18H2,1-2H3,(H2,28,30). The summed E-state index contributed by atoms with van der Waals surface area (Å²) in [4.78, 5) is 31.2. The highest BCUT2D eigenvalue weighted by Crippen LogP contribution is 2.33. The van der Waals surface area contributed by atoms with Crippen LogP contribution in [0.2, 0.25) is 0 Å². The van der Waals surface area contributed by atoms with E-state index in [9.17, 15) is 4.79 Å². The molecule has 0 saturated carbocycles. The van der Waals surface area contributed by atoms with Crippen LogP contribution in [-0.2, 0) is 6.54 Å². The number of hydrogen-bond donors (Lipinski definition) is 1. The van der Waals surface area contributed by atoms with E-state index >= 15 is 0 Å². The predicted molar refractivity (Wildman–Crippen MR) is 141 cm³/mol. The number of hydrogen-bond acceptors (Lipinski definition) is 8. The van der Waals surface area contributed by atoms with Gasteiger partial charge >= 0.3 is 0 Å². The molecule has 1 fully saturated rings. The van der Waals surface area contributed by atoms with Crippen molar-refractivity contribution in [1.82, 2.24) is 29.6 Å². The molecule has 0 bridgehead atoms. The smallest absolute Gasteiger partial charge is 0.267 e. The average molecular weight is 483 g/mol. The van der Waals surface area contributed by atoms with Gasteiger partial charge in [0, 0.05) is 50.6 Å². The Labute approximate surface area is 210 Å². The minimum absolute atomic E-state index is 0.0778. The Morgan fingerprint density at radius 1 is 0.889 bits per heavy atom. The lowest BCUT2D eigenvalue weighted by Crippen LogP contribution is -2.46. The van der Waals surface area contributed by atoms with Crippen molar-refractivity contribution < 1.29 is 0 Å². The Bertz CT molecular complexity index is 1380. The van der Waals surface area contributed by atoms with Crippen LogP contribution in [0.5, 0.6) is 0 Å².